The van der Waals surface area contributed by atoms with Crippen molar-refractivity contribution in [3.8, 4) is 17.5 Å². The highest BCUT2D eigenvalue weighted by molar-refractivity contribution is 7.72. The highest BCUT2D eigenvalue weighted by atomic mass is 35.5. The minimum absolute atomic E-state index is 0.0179. The number of anilines is 1. The number of nitrogens with one attached hydrogen (secondary N) is 1. The van der Waals surface area contributed by atoms with Gasteiger partial charge in [0.25, 0.3) is 5.89 Å². The first-order chi connectivity index (χ1) is 18.7. The Morgan fingerprint density at radius 1 is 1.18 bits per heavy atom. The second-order valence-electron chi connectivity index (χ2n) is 9.44. The highest BCUT2D eigenvalue weighted by Crippen LogP contribution is 2.55. The van der Waals surface area contributed by atoms with Gasteiger partial charge in [-0.05, 0) is 67.3 Å². The van der Waals surface area contributed by atoms with E-state index in [9.17, 15) is 13.2 Å². The van der Waals surface area contributed by atoms with E-state index in [1.54, 1.807) is 55.5 Å². The molecule has 1 saturated carbocycles. The lowest BCUT2D eigenvalue weighted by atomic mass is 9.94. The van der Waals surface area contributed by atoms with Crippen LogP contribution >= 0.6 is 11.6 Å². The van der Waals surface area contributed by atoms with Crippen LogP contribution in [0, 0.1) is 17.1 Å². The molecular formula is C28H22ClFN4O4S. The van der Waals surface area contributed by atoms with Crippen molar-refractivity contribution < 1.29 is 22.1 Å². The molecule has 4 aromatic rings. The van der Waals surface area contributed by atoms with Crippen LogP contribution in [-0.2, 0) is 27.3 Å². The number of benzene rings is 3. The molecule has 8 nitrogen and oxygen atoms in total. The number of carbonyl (C=O) groups is 1. The molecule has 198 valence electrons. The van der Waals surface area contributed by atoms with Gasteiger partial charge < -0.3 is 9.84 Å². The summed E-state index contributed by atoms with van der Waals surface area (Å²) < 4.78 is 43.2. The molecule has 1 amide bonds. The Balaban J connectivity index is 1.31. The third-order valence-corrected chi connectivity index (χ3v) is 8.04. The van der Waals surface area contributed by atoms with Gasteiger partial charge in [0.2, 0.25) is 5.91 Å². The van der Waals surface area contributed by atoms with Crippen LogP contribution in [0.25, 0.3) is 11.5 Å². The van der Waals surface area contributed by atoms with Gasteiger partial charge in [-0.1, -0.05) is 41.0 Å². The summed E-state index contributed by atoms with van der Waals surface area (Å²) in [4.78, 5) is 17.1. The molecule has 11 heteroatoms. The zero-order valence-electron chi connectivity index (χ0n) is 20.6. The molecule has 0 saturated heterocycles. The van der Waals surface area contributed by atoms with Crippen LogP contribution in [0.1, 0.15) is 53.1 Å². The maximum Gasteiger partial charge on any atom is 0.257 e. The maximum atomic E-state index is 15.4. The average Bonchev–Trinajstić information content (AvgIpc) is 3.54. The highest BCUT2D eigenvalue weighted by Gasteiger charge is 2.53. The Morgan fingerprint density at radius 3 is 2.46 bits per heavy atom. The van der Waals surface area contributed by atoms with Crippen molar-refractivity contribution in [1.82, 2.24) is 10.1 Å². The summed E-state index contributed by atoms with van der Waals surface area (Å²) in [6, 6.07) is 18.2. The van der Waals surface area contributed by atoms with Gasteiger partial charge in [-0.15, -0.1) is 0 Å². The summed E-state index contributed by atoms with van der Waals surface area (Å²) in [7, 11) is -2.59. The third kappa shape index (κ3) is 5.41. The molecule has 1 atom stereocenters. The van der Waals surface area contributed by atoms with Gasteiger partial charge in [-0.2, -0.15) is 10.2 Å². The molecule has 1 N–H and O–H groups in total. The molecule has 1 aliphatic rings. The number of halogens is 2. The Bertz CT molecular complexity index is 1640. The van der Waals surface area contributed by atoms with Crippen molar-refractivity contribution >= 4 is 33.9 Å². The van der Waals surface area contributed by atoms with Crippen molar-refractivity contribution in [3.63, 3.8) is 0 Å². The molecule has 1 fully saturated rings. The topological polar surface area (TPSA) is 126 Å². The van der Waals surface area contributed by atoms with Crippen LogP contribution in [0.5, 0.6) is 0 Å². The van der Waals surface area contributed by atoms with Gasteiger partial charge in [0.1, 0.15) is 16.5 Å². The molecule has 5 rings (SSSR count). The van der Waals surface area contributed by atoms with Gasteiger partial charge in [0, 0.05) is 21.8 Å². The number of nitriles is 1. The van der Waals surface area contributed by atoms with Crippen molar-refractivity contribution in [2.24, 2.45) is 0 Å². The average molecular weight is 565 g/mol. The van der Waals surface area contributed by atoms with E-state index in [-0.39, 0.29) is 34.5 Å². The number of nitrogens with zero attached hydrogens (tertiary/aromatic N) is 3. The van der Waals surface area contributed by atoms with Gasteiger partial charge in [-0.25, -0.2) is 12.8 Å². The summed E-state index contributed by atoms with van der Waals surface area (Å²) >= 11 is 6.52. The molecule has 0 radical (unpaired) electrons. The van der Waals surface area contributed by atoms with Crippen LogP contribution < -0.4 is 5.32 Å². The standard InChI is InChI=1S/C28H22ClFN4O4S/c1-16(39(36)37)19-6-2-17(3-7-19)12-24(35)32-21-13-22(29)25(23(30)14-21)28(10-11-28)27-33-26(38-34-27)20-8-4-18(15-31)5-9-20/h2-9,13-14,16,39H,10-12H2,1H3,(H,32,35). The predicted octanol–water partition coefficient (Wildman–Crippen LogP) is 5.33. The molecular weight excluding hydrogens is 543 g/mol. The fourth-order valence-electron chi connectivity index (χ4n) is 4.46. The number of carbonyl (C=O) groups excluding carboxylic acids is 1. The van der Waals surface area contributed by atoms with Crippen molar-refractivity contribution in [2.75, 3.05) is 5.32 Å². The minimum atomic E-state index is -2.59. The largest absolute Gasteiger partial charge is 0.334 e. The first kappa shape index (κ1) is 26.5. The predicted molar refractivity (Wildman–Crippen MR) is 143 cm³/mol. The third-order valence-electron chi connectivity index (χ3n) is 6.81. The lowest BCUT2D eigenvalue weighted by molar-refractivity contribution is -0.115. The number of aromatic nitrogens is 2. The summed E-state index contributed by atoms with van der Waals surface area (Å²) in [6.45, 7) is 1.59. The fraction of sp³-hybridized carbons (Fsp3) is 0.214. The summed E-state index contributed by atoms with van der Waals surface area (Å²) in [6.07, 6.45) is 1.18. The lowest BCUT2D eigenvalue weighted by Crippen LogP contribution is -2.17. The molecule has 1 heterocycles. The minimum Gasteiger partial charge on any atom is -0.334 e. The molecule has 0 aliphatic heterocycles. The Morgan fingerprint density at radius 2 is 1.87 bits per heavy atom. The Hall–Kier alpha value is -4.07. The number of rotatable bonds is 8. The summed E-state index contributed by atoms with van der Waals surface area (Å²) in [5, 5.41) is 15.3. The summed E-state index contributed by atoms with van der Waals surface area (Å²) in [5.74, 6) is -0.394. The van der Waals surface area contributed by atoms with Gasteiger partial charge in [0.15, 0.2) is 5.82 Å². The van der Waals surface area contributed by atoms with Crippen molar-refractivity contribution in [2.45, 2.75) is 36.9 Å². The zero-order chi connectivity index (χ0) is 27.7. The number of thiol groups is 1. The van der Waals surface area contributed by atoms with E-state index in [2.05, 4.69) is 15.5 Å². The monoisotopic (exact) mass is 564 g/mol. The van der Waals surface area contributed by atoms with E-state index >= 15 is 4.39 Å². The quantitative estimate of drug-likeness (QED) is 0.277. The molecule has 1 unspecified atom stereocenters. The normalized spacial score (nSPS) is 14.5. The van der Waals surface area contributed by atoms with Gasteiger partial charge in [0.05, 0.1) is 28.7 Å². The molecule has 1 aliphatic carbocycles. The lowest BCUT2D eigenvalue weighted by Gasteiger charge is -2.16. The zero-order valence-corrected chi connectivity index (χ0v) is 22.3. The molecule has 3 aromatic carbocycles. The van der Waals surface area contributed by atoms with E-state index in [4.69, 9.17) is 21.4 Å². The Labute approximate surface area is 230 Å². The van der Waals surface area contributed by atoms with E-state index in [1.807, 2.05) is 6.07 Å². The van der Waals surface area contributed by atoms with Crippen molar-refractivity contribution in [3.05, 3.63) is 99.6 Å². The van der Waals surface area contributed by atoms with Crippen LogP contribution in [0.2, 0.25) is 5.02 Å². The molecule has 1 aromatic heterocycles. The second kappa shape index (κ2) is 10.6. The first-order valence-electron chi connectivity index (χ1n) is 12.1. The van der Waals surface area contributed by atoms with E-state index in [1.165, 1.54) is 12.1 Å². The maximum absolute atomic E-state index is 15.4. The smallest absolute Gasteiger partial charge is 0.257 e. The molecule has 0 spiro atoms. The van der Waals surface area contributed by atoms with Crippen LogP contribution in [0.4, 0.5) is 10.1 Å². The molecule has 0 bridgehead atoms. The second-order valence-corrected chi connectivity index (χ2v) is 11.2. The van der Waals surface area contributed by atoms with Gasteiger partial charge in [-0.3, -0.25) is 4.79 Å². The van der Waals surface area contributed by atoms with Crippen LogP contribution in [-0.4, -0.2) is 24.5 Å². The summed E-state index contributed by atoms with van der Waals surface area (Å²) in [5.41, 5.74) is 2.08. The van der Waals surface area contributed by atoms with E-state index in [0.29, 0.717) is 40.9 Å². The van der Waals surface area contributed by atoms with E-state index < -0.39 is 27.2 Å². The fourth-order valence-corrected chi connectivity index (χ4v) is 5.27. The molecule has 39 heavy (non-hydrogen) atoms. The SMILES string of the molecule is CC(c1ccc(CC(=O)Nc2cc(F)c(C3(c4noc(-c5ccc(C#N)cc5)n4)CC3)c(Cl)c2)cc1)[SH](=O)=O. The Kier molecular flexibility index (Phi) is 7.21. The number of hydrogen-bond acceptors (Lipinski definition) is 7. The van der Waals surface area contributed by atoms with Crippen LogP contribution in [0.15, 0.2) is 65.2 Å². The first-order valence-corrected chi connectivity index (χ1v) is 13.7. The number of amides is 1. The van der Waals surface area contributed by atoms with Crippen molar-refractivity contribution in [1.29, 1.82) is 5.26 Å². The van der Waals surface area contributed by atoms with Gasteiger partial charge >= 0.3 is 0 Å². The van der Waals surface area contributed by atoms with E-state index in [0.717, 1.165) is 0 Å². The number of hydrogen-bond donors (Lipinski definition) is 2. The van der Waals surface area contributed by atoms with Crippen LogP contribution in [0.3, 0.4) is 0 Å².